The summed E-state index contributed by atoms with van der Waals surface area (Å²) in [4.78, 5) is 8.07. The van der Waals surface area contributed by atoms with Crippen molar-refractivity contribution in [3.05, 3.63) is 24.3 Å². The predicted octanol–water partition coefficient (Wildman–Crippen LogP) is 1.12. The Labute approximate surface area is 84.0 Å². The molecule has 0 aliphatic heterocycles. The van der Waals surface area contributed by atoms with E-state index in [0.29, 0.717) is 13.1 Å². The van der Waals surface area contributed by atoms with Crippen LogP contribution in [0.2, 0.25) is 0 Å². The third-order valence-electron chi connectivity index (χ3n) is 1.79. The Balaban J connectivity index is 2.34. The first-order valence-corrected chi connectivity index (χ1v) is 4.51. The van der Waals surface area contributed by atoms with Gasteiger partial charge in [0.05, 0.1) is 17.2 Å². The first-order valence-electron chi connectivity index (χ1n) is 4.51. The highest BCUT2D eigenvalue weighted by Crippen LogP contribution is 2.10. The Morgan fingerprint density at radius 3 is 2.86 bits per heavy atom. The molecule has 0 saturated heterocycles. The predicted molar refractivity (Wildman–Crippen MR) is 53.1 cm³/mol. The number of nitrogens with one attached hydrogen (secondary N) is 1. The Morgan fingerprint density at radius 1 is 1.50 bits per heavy atom. The minimum atomic E-state index is -0.331. The monoisotopic (exact) mass is 190 g/mol. The van der Waals surface area contributed by atoms with Gasteiger partial charge in [-0.05, 0) is 13.8 Å². The van der Waals surface area contributed by atoms with Crippen LogP contribution in [0, 0.1) is 16.7 Å². The number of nitriles is 1. The van der Waals surface area contributed by atoms with Crippen LogP contribution in [0.3, 0.4) is 0 Å². The van der Waals surface area contributed by atoms with E-state index in [1.165, 1.54) is 0 Å². The summed E-state index contributed by atoms with van der Waals surface area (Å²) in [6.45, 7) is 5.10. The zero-order valence-corrected chi connectivity index (χ0v) is 8.49. The number of nitrogens with zero attached hydrogens (tertiary/aromatic N) is 3. The molecule has 0 spiro atoms. The van der Waals surface area contributed by atoms with Crippen molar-refractivity contribution >= 4 is 0 Å². The van der Waals surface area contributed by atoms with Crippen LogP contribution in [0.5, 0.6) is 0 Å². The summed E-state index contributed by atoms with van der Waals surface area (Å²) in [5.74, 6) is 0. The molecule has 74 valence electrons. The maximum atomic E-state index is 8.77. The highest BCUT2D eigenvalue weighted by Gasteiger charge is 2.15. The van der Waals surface area contributed by atoms with Crippen molar-refractivity contribution in [3.63, 3.8) is 0 Å². The van der Waals surface area contributed by atoms with Crippen molar-refractivity contribution in [2.75, 3.05) is 6.54 Å². The van der Waals surface area contributed by atoms with Crippen LogP contribution < -0.4 is 5.32 Å². The van der Waals surface area contributed by atoms with Gasteiger partial charge in [0.2, 0.25) is 0 Å². The average Bonchev–Trinajstić information content (AvgIpc) is 2.19. The summed E-state index contributed by atoms with van der Waals surface area (Å²) >= 11 is 0. The van der Waals surface area contributed by atoms with E-state index in [-0.39, 0.29) is 5.41 Å². The Morgan fingerprint density at radius 2 is 2.29 bits per heavy atom. The molecule has 0 aromatic carbocycles. The van der Waals surface area contributed by atoms with Crippen molar-refractivity contribution in [3.8, 4) is 6.07 Å². The minimum Gasteiger partial charge on any atom is -0.310 e. The molecule has 1 N–H and O–H groups in total. The summed E-state index contributed by atoms with van der Waals surface area (Å²) in [6.07, 6.45) is 5.02. The van der Waals surface area contributed by atoms with E-state index in [1.54, 1.807) is 18.6 Å². The molecule has 0 atom stereocenters. The number of rotatable bonds is 4. The Bertz CT molecular complexity index is 313. The number of aromatic nitrogens is 2. The molecule has 0 unspecified atom stereocenters. The number of hydrogen-bond donors (Lipinski definition) is 1. The molecule has 0 bridgehead atoms. The third-order valence-corrected chi connectivity index (χ3v) is 1.79. The van der Waals surface area contributed by atoms with Gasteiger partial charge in [-0.25, -0.2) is 0 Å². The number of hydrogen-bond acceptors (Lipinski definition) is 4. The molecule has 0 saturated carbocycles. The standard InChI is InChI=1S/C10H14N4/c1-10(2,7-11)8-13-6-9-5-12-3-4-14-9/h3-5,13H,6,8H2,1-2H3. The van der Waals surface area contributed by atoms with Crippen molar-refractivity contribution < 1.29 is 0 Å². The van der Waals surface area contributed by atoms with E-state index in [1.807, 2.05) is 13.8 Å². The van der Waals surface area contributed by atoms with Gasteiger partial charge in [0.15, 0.2) is 0 Å². The fraction of sp³-hybridized carbons (Fsp3) is 0.500. The normalized spacial score (nSPS) is 10.9. The lowest BCUT2D eigenvalue weighted by Gasteiger charge is -2.15. The van der Waals surface area contributed by atoms with E-state index in [4.69, 9.17) is 5.26 Å². The van der Waals surface area contributed by atoms with Crippen LogP contribution in [-0.2, 0) is 6.54 Å². The van der Waals surface area contributed by atoms with Gasteiger partial charge < -0.3 is 5.32 Å². The summed E-state index contributed by atoms with van der Waals surface area (Å²) in [5, 5.41) is 11.9. The van der Waals surface area contributed by atoms with Crippen molar-refractivity contribution in [2.24, 2.45) is 5.41 Å². The van der Waals surface area contributed by atoms with Crippen LogP contribution in [0.1, 0.15) is 19.5 Å². The van der Waals surface area contributed by atoms with E-state index >= 15 is 0 Å². The minimum absolute atomic E-state index is 0.331. The lowest BCUT2D eigenvalue weighted by molar-refractivity contribution is 0.443. The van der Waals surface area contributed by atoms with E-state index in [0.717, 1.165) is 5.69 Å². The molecule has 0 amide bonds. The average molecular weight is 190 g/mol. The van der Waals surface area contributed by atoms with Gasteiger partial charge in [0.25, 0.3) is 0 Å². The molecule has 4 nitrogen and oxygen atoms in total. The van der Waals surface area contributed by atoms with E-state index in [2.05, 4.69) is 21.4 Å². The summed E-state index contributed by atoms with van der Waals surface area (Å²) in [6, 6.07) is 2.23. The molecule has 4 heteroatoms. The van der Waals surface area contributed by atoms with Crippen molar-refractivity contribution in [2.45, 2.75) is 20.4 Å². The fourth-order valence-electron chi connectivity index (χ4n) is 0.964. The zero-order chi connectivity index (χ0) is 10.4. The SMILES string of the molecule is CC(C)(C#N)CNCc1cnccn1. The summed E-state index contributed by atoms with van der Waals surface area (Å²) < 4.78 is 0. The molecular formula is C10H14N4. The molecule has 1 aromatic heterocycles. The zero-order valence-electron chi connectivity index (χ0n) is 8.49. The van der Waals surface area contributed by atoms with Gasteiger partial charge in [0.1, 0.15) is 0 Å². The van der Waals surface area contributed by atoms with Gasteiger partial charge >= 0.3 is 0 Å². The molecule has 0 aliphatic rings. The Hall–Kier alpha value is -1.47. The topological polar surface area (TPSA) is 61.6 Å². The molecule has 1 heterocycles. The lowest BCUT2D eigenvalue weighted by atomic mass is 9.96. The quantitative estimate of drug-likeness (QED) is 0.772. The molecule has 1 rings (SSSR count). The van der Waals surface area contributed by atoms with Crippen LogP contribution in [0.25, 0.3) is 0 Å². The Kier molecular flexibility index (Phi) is 3.55. The first kappa shape index (κ1) is 10.6. The largest absolute Gasteiger partial charge is 0.310 e. The summed E-state index contributed by atoms with van der Waals surface area (Å²) in [5.41, 5.74) is 0.559. The molecule has 14 heavy (non-hydrogen) atoms. The first-order chi connectivity index (χ1) is 6.64. The van der Waals surface area contributed by atoms with Gasteiger partial charge in [-0.3, -0.25) is 9.97 Å². The molecular weight excluding hydrogens is 176 g/mol. The highest BCUT2D eigenvalue weighted by atomic mass is 14.9. The van der Waals surface area contributed by atoms with Gasteiger partial charge in [-0.15, -0.1) is 0 Å². The van der Waals surface area contributed by atoms with Crippen molar-refractivity contribution in [1.29, 1.82) is 5.26 Å². The van der Waals surface area contributed by atoms with Gasteiger partial charge in [-0.2, -0.15) is 5.26 Å². The van der Waals surface area contributed by atoms with Crippen LogP contribution in [0.4, 0.5) is 0 Å². The fourth-order valence-corrected chi connectivity index (χ4v) is 0.964. The maximum absolute atomic E-state index is 8.77. The van der Waals surface area contributed by atoms with Crippen molar-refractivity contribution in [1.82, 2.24) is 15.3 Å². The second kappa shape index (κ2) is 4.68. The van der Waals surface area contributed by atoms with E-state index in [9.17, 15) is 0 Å². The smallest absolute Gasteiger partial charge is 0.0724 e. The third kappa shape index (κ3) is 3.50. The molecule has 0 fully saturated rings. The van der Waals surface area contributed by atoms with Crippen LogP contribution in [-0.4, -0.2) is 16.5 Å². The second-order valence-corrected chi connectivity index (χ2v) is 3.80. The molecule has 0 aliphatic carbocycles. The highest BCUT2D eigenvalue weighted by molar-refractivity contribution is 4.96. The van der Waals surface area contributed by atoms with Gasteiger partial charge in [-0.1, -0.05) is 0 Å². The van der Waals surface area contributed by atoms with Crippen LogP contribution >= 0.6 is 0 Å². The molecule has 0 radical (unpaired) electrons. The molecule has 1 aromatic rings. The lowest BCUT2D eigenvalue weighted by Crippen LogP contribution is -2.28. The second-order valence-electron chi connectivity index (χ2n) is 3.80. The maximum Gasteiger partial charge on any atom is 0.0724 e. The van der Waals surface area contributed by atoms with Gasteiger partial charge in [0, 0.05) is 31.7 Å². The van der Waals surface area contributed by atoms with Crippen LogP contribution in [0.15, 0.2) is 18.6 Å². The summed E-state index contributed by atoms with van der Waals surface area (Å²) in [7, 11) is 0. The van der Waals surface area contributed by atoms with E-state index < -0.39 is 0 Å².